The fraction of sp³-hybridized carbons (Fsp3) is 0.267. The molecule has 0 aliphatic heterocycles. The van der Waals surface area contributed by atoms with Gasteiger partial charge in [0.05, 0.1) is 22.8 Å². The highest BCUT2D eigenvalue weighted by atomic mass is 19.1. The molecule has 8 heteroatoms. The molecular weight excluding hydrogens is 307 g/mol. The quantitative estimate of drug-likeness (QED) is 0.628. The van der Waals surface area contributed by atoms with Gasteiger partial charge in [0.2, 0.25) is 0 Å². The van der Waals surface area contributed by atoms with E-state index >= 15 is 0 Å². The zero-order valence-electron chi connectivity index (χ0n) is 12.2. The predicted molar refractivity (Wildman–Crippen MR) is 78.3 cm³/mol. The Bertz CT molecular complexity index is 702. The van der Waals surface area contributed by atoms with E-state index in [4.69, 9.17) is 4.42 Å². The summed E-state index contributed by atoms with van der Waals surface area (Å²) < 4.78 is 18.8. The first kappa shape index (κ1) is 16.6. The molecule has 0 saturated heterocycles. The zero-order valence-corrected chi connectivity index (χ0v) is 12.2. The monoisotopic (exact) mass is 322 g/mol. The number of nitrogens with zero attached hydrogens (tertiary/aromatic N) is 1. The zero-order chi connectivity index (χ0) is 17.0. The number of carbonyl (C=O) groups is 1. The number of hydrogen-bond acceptors (Lipinski definition) is 5. The van der Waals surface area contributed by atoms with Crippen LogP contribution in [-0.2, 0) is 0 Å². The first-order chi connectivity index (χ1) is 10.9. The summed E-state index contributed by atoms with van der Waals surface area (Å²) in [6.45, 7) is 1.65. The Labute approximate surface area is 130 Å². The maximum Gasteiger partial charge on any atom is 0.272 e. The van der Waals surface area contributed by atoms with Crippen LogP contribution in [0.4, 0.5) is 10.1 Å². The molecule has 7 nitrogen and oxygen atoms in total. The molecule has 1 aromatic carbocycles. The van der Waals surface area contributed by atoms with Gasteiger partial charge in [0.15, 0.2) is 0 Å². The maximum absolute atomic E-state index is 13.8. The van der Waals surface area contributed by atoms with Crippen LogP contribution < -0.4 is 5.32 Å². The van der Waals surface area contributed by atoms with Gasteiger partial charge in [-0.2, -0.15) is 0 Å². The van der Waals surface area contributed by atoms with E-state index in [9.17, 15) is 24.4 Å². The molecule has 1 amide bonds. The summed E-state index contributed by atoms with van der Waals surface area (Å²) >= 11 is 0. The largest absolute Gasteiger partial charge is 0.467 e. The van der Waals surface area contributed by atoms with Crippen molar-refractivity contribution in [1.29, 1.82) is 0 Å². The second-order valence-corrected chi connectivity index (χ2v) is 5.06. The van der Waals surface area contributed by atoms with Crippen molar-refractivity contribution >= 4 is 11.6 Å². The van der Waals surface area contributed by atoms with E-state index < -0.39 is 34.5 Å². The lowest BCUT2D eigenvalue weighted by molar-refractivity contribution is -0.385. The van der Waals surface area contributed by atoms with E-state index in [1.807, 2.05) is 0 Å². The summed E-state index contributed by atoms with van der Waals surface area (Å²) in [5.41, 5.74) is -0.727. The highest BCUT2D eigenvalue weighted by Crippen LogP contribution is 2.20. The fourth-order valence-corrected chi connectivity index (χ4v) is 2.09. The van der Waals surface area contributed by atoms with Crippen molar-refractivity contribution in [3.63, 3.8) is 0 Å². The van der Waals surface area contributed by atoms with Gasteiger partial charge in [-0.1, -0.05) is 0 Å². The Balaban J connectivity index is 1.99. The second kappa shape index (κ2) is 7.01. The van der Waals surface area contributed by atoms with Crippen molar-refractivity contribution in [2.24, 2.45) is 0 Å². The van der Waals surface area contributed by atoms with Crippen LogP contribution >= 0.6 is 0 Å². The molecular formula is C15H15FN2O5. The second-order valence-electron chi connectivity index (χ2n) is 5.06. The summed E-state index contributed by atoms with van der Waals surface area (Å²) in [6, 6.07) is 5.58. The van der Waals surface area contributed by atoms with Crippen molar-refractivity contribution in [3.8, 4) is 0 Å². The highest BCUT2D eigenvalue weighted by molar-refractivity contribution is 5.94. The van der Waals surface area contributed by atoms with Crippen molar-refractivity contribution in [3.05, 3.63) is 63.9 Å². The van der Waals surface area contributed by atoms with Gasteiger partial charge in [-0.15, -0.1) is 0 Å². The minimum Gasteiger partial charge on any atom is -0.467 e. The number of nitro benzene ring substituents is 1. The van der Waals surface area contributed by atoms with Gasteiger partial charge in [0, 0.05) is 18.5 Å². The van der Waals surface area contributed by atoms with E-state index in [2.05, 4.69) is 5.32 Å². The molecule has 0 radical (unpaired) electrons. The molecule has 0 aliphatic carbocycles. The number of benzene rings is 1. The van der Waals surface area contributed by atoms with Gasteiger partial charge < -0.3 is 14.8 Å². The number of nitrogens with one attached hydrogen (secondary N) is 1. The van der Waals surface area contributed by atoms with Gasteiger partial charge >= 0.3 is 0 Å². The minimum atomic E-state index is -0.976. The number of rotatable bonds is 6. The molecule has 23 heavy (non-hydrogen) atoms. The van der Waals surface area contributed by atoms with Gasteiger partial charge in [-0.05, 0) is 25.1 Å². The standard InChI is InChI=1S/C15H15FN2O5/c1-9(7-13(19)14-3-2-6-23-14)17-15(20)11-5-4-10(18(21)22)8-12(11)16/h2-6,8-9,13,19H,7H2,1H3,(H,17,20). The number of amides is 1. The predicted octanol–water partition coefficient (Wildman–Crippen LogP) is 2.57. The first-order valence-corrected chi connectivity index (χ1v) is 6.84. The number of carbonyl (C=O) groups excluding carboxylic acids is 1. The van der Waals surface area contributed by atoms with E-state index in [0.717, 1.165) is 12.1 Å². The van der Waals surface area contributed by atoms with E-state index in [1.165, 1.54) is 6.26 Å². The van der Waals surface area contributed by atoms with E-state index in [1.54, 1.807) is 19.1 Å². The molecule has 122 valence electrons. The molecule has 2 rings (SSSR count). The minimum absolute atomic E-state index is 0.174. The molecule has 2 atom stereocenters. The molecule has 0 saturated carbocycles. The summed E-state index contributed by atoms with van der Waals surface area (Å²) in [5.74, 6) is -1.32. The van der Waals surface area contributed by atoms with Crippen LogP contribution in [0.3, 0.4) is 0 Å². The molecule has 2 aromatic rings. The number of furan rings is 1. The third kappa shape index (κ3) is 4.13. The highest BCUT2D eigenvalue weighted by Gasteiger charge is 2.20. The molecule has 0 fully saturated rings. The van der Waals surface area contributed by atoms with Gasteiger partial charge in [0.25, 0.3) is 11.6 Å². The summed E-state index contributed by atoms with van der Waals surface area (Å²) in [7, 11) is 0. The molecule has 1 heterocycles. The topological polar surface area (TPSA) is 106 Å². The summed E-state index contributed by atoms with van der Waals surface area (Å²) in [5, 5.41) is 23.0. The summed E-state index contributed by atoms with van der Waals surface area (Å²) in [4.78, 5) is 21.8. The molecule has 2 N–H and O–H groups in total. The molecule has 1 aromatic heterocycles. The third-order valence-electron chi connectivity index (χ3n) is 3.23. The molecule has 0 aliphatic rings. The Morgan fingerprint density at radius 3 is 2.78 bits per heavy atom. The number of hydrogen-bond donors (Lipinski definition) is 2. The normalized spacial score (nSPS) is 13.3. The van der Waals surface area contributed by atoms with Crippen LogP contribution in [0.15, 0.2) is 41.0 Å². The number of nitro groups is 1. The average Bonchev–Trinajstić information content (AvgIpc) is 3.00. The van der Waals surface area contributed by atoms with Crippen molar-refractivity contribution in [2.45, 2.75) is 25.5 Å². The SMILES string of the molecule is CC(CC(O)c1ccco1)NC(=O)c1ccc([N+](=O)[O-])cc1F. The van der Waals surface area contributed by atoms with Crippen LogP contribution in [0, 0.1) is 15.9 Å². The van der Waals surface area contributed by atoms with Crippen molar-refractivity contribution < 1.29 is 23.6 Å². The van der Waals surface area contributed by atoms with Gasteiger partial charge in [-0.25, -0.2) is 4.39 Å². The number of aliphatic hydroxyl groups excluding tert-OH is 1. The maximum atomic E-state index is 13.8. The van der Waals surface area contributed by atoms with Crippen molar-refractivity contribution in [2.75, 3.05) is 0 Å². The Kier molecular flexibility index (Phi) is 5.07. The lowest BCUT2D eigenvalue weighted by Crippen LogP contribution is -2.34. The fourth-order valence-electron chi connectivity index (χ4n) is 2.09. The van der Waals surface area contributed by atoms with Gasteiger partial charge in [-0.3, -0.25) is 14.9 Å². The van der Waals surface area contributed by atoms with Crippen LogP contribution in [0.5, 0.6) is 0 Å². The lowest BCUT2D eigenvalue weighted by atomic mass is 10.1. The molecule has 0 bridgehead atoms. The Hall–Kier alpha value is -2.74. The first-order valence-electron chi connectivity index (χ1n) is 6.84. The van der Waals surface area contributed by atoms with E-state index in [0.29, 0.717) is 11.8 Å². The van der Waals surface area contributed by atoms with Gasteiger partial charge in [0.1, 0.15) is 17.7 Å². The summed E-state index contributed by atoms with van der Waals surface area (Å²) in [6.07, 6.45) is 0.698. The van der Waals surface area contributed by atoms with Crippen LogP contribution in [-0.4, -0.2) is 22.0 Å². The average molecular weight is 322 g/mol. The van der Waals surface area contributed by atoms with E-state index in [-0.39, 0.29) is 12.0 Å². The molecule has 2 unspecified atom stereocenters. The van der Waals surface area contributed by atoms with Crippen LogP contribution in [0.25, 0.3) is 0 Å². The number of non-ortho nitro benzene ring substituents is 1. The smallest absolute Gasteiger partial charge is 0.272 e. The van der Waals surface area contributed by atoms with Crippen molar-refractivity contribution in [1.82, 2.24) is 5.32 Å². The van der Waals surface area contributed by atoms with Crippen LogP contribution in [0.1, 0.15) is 35.6 Å². The number of aliphatic hydroxyl groups is 1. The third-order valence-corrected chi connectivity index (χ3v) is 3.23. The lowest BCUT2D eigenvalue weighted by Gasteiger charge is -2.16. The Morgan fingerprint density at radius 2 is 2.22 bits per heavy atom. The number of halogens is 1. The van der Waals surface area contributed by atoms with Crippen LogP contribution in [0.2, 0.25) is 0 Å². The molecule has 0 spiro atoms. The Morgan fingerprint density at radius 1 is 1.48 bits per heavy atom.